The average Bonchev–Trinajstić information content (AvgIpc) is 2.79. The number of rotatable bonds is 5. The van der Waals surface area contributed by atoms with Crippen molar-refractivity contribution in [2.24, 2.45) is 0 Å². The molecule has 1 fully saturated rings. The van der Waals surface area contributed by atoms with Crippen molar-refractivity contribution in [3.05, 3.63) is 12.3 Å². The number of aromatic nitrogens is 2. The van der Waals surface area contributed by atoms with Gasteiger partial charge >= 0.3 is 0 Å². The Labute approximate surface area is 102 Å². The SMILES string of the molecule is CC(C)Oc1ccnc(NCC2CCCO2)n1. The summed E-state index contributed by atoms with van der Waals surface area (Å²) in [5.41, 5.74) is 0. The quantitative estimate of drug-likeness (QED) is 0.847. The van der Waals surface area contributed by atoms with Gasteiger partial charge in [0, 0.05) is 25.4 Å². The summed E-state index contributed by atoms with van der Waals surface area (Å²) in [4.78, 5) is 8.42. The summed E-state index contributed by atoms with van der Waals surface area (Å²) in [6, 6.07) is 1.76. The van der Waals surface area contributed by atoms with E-state index in [1.807, 2.05) is 13.8 Å². The second kappa shape index (κ2) is 5.82. The third-order valence-corrected chi connectivity index (χ3v) is 2.50. The molecule has 1 aromatic heterocycles. The molecule has 1 aromatic rings. The van der Waals surface area contributed by atoms with Gasteiger partial charge in [0.1, 0.15) is 0 Å². The van der Waals surface area contributed by atoms with Gasteiger partial charge in [0.25, 0.3) is 0 Å². The lowest BCUT2D eigenvalue weighted by Gasteiger charge is -2.12. The fourth-order valence-electron chi connectivity index (χ4n) is 1.74. The van der Waals surface area contributed by atoms with Gasteiger partial charge in [0.15, 0.2) is 0 Å². The lowest BCUT2D eigenvalue weighted by molar-refractivity contribution is 0.120. The van der Waals surface area contributed by atoms with Gasteiger partial charge in [-0.2, -0.15) is 4.98 Å². The number of hydrogen-bond donors (Lipinski definition) is 1. The Bertz CT molecular complexity index is 351. The third-order valence-electron chi connectivity index (χ3n) is 2.50. The van der Waals surface area contributed by atoms with Gasteiger partial charge in [-0.25, -0.2) is 4.98 Å². The molecule has 5 nitrogen and oxygen atoms in total. The summed E-state index contributed by atoms with van der Waals surface area (Å²) in [6.07, 6.45) is 4.35. The number of ether oxygens (including phenoxy) is 2. The maximum absolute atomic E-state index is 5.52. The van der Waals surface area contributed by atoms with Crippen LogP contribution in [0.15, 0.2) is 12.3 Å². The largest absolute Gasteiger partial charge is 0.475 e. The predicted octanol–water partition coefficient (Wildman–Crippen LogP) is 1.85. The summed E-state index contributed by atoms with van der Waals surface area (Å²) in [7, 11) is 0. The Kier molecular flexibility index (Phi) is 4.14. The Hall–Kier alpha value is -1.36. The third kappa shape index (κ3) is 3.85. The highest BCUT2D eigenvalue weighted by Crippen LogP contribution is 2.14. The molecule has 0 spiro atoms. The standard InChI is InChI=1S/C12H19N3O2/c1-9(2)17-11-5-6-13-12(15-11)14-8-10-4-3-7-16-10/h5-6,9-10H,3-4,7-8H2,1-2H3,(H,13,14,15). The Morgan fingerprint density at radius 2 is 2.47 bits per heavy atom. The molecule has 1 aliphatic heterocycles. The molecular formula is C12H19N3O2. The minimum atomic E-state index is 0.121. The second-order valence-electron chi connectivity index (χ2n) is 4.40. The van der Waals surface area contributed by atoms with E-state index in [0.29, 0.717) is 11.8 Å². The van der Waals surface area contributed by atoms with Crippen molar-refractivity contribution in [2.45, 2.75) is 38.9 Å². The Morgan fingerprint density at radius 1 is 1.59 bits per heavy atom. The normalized spacial score (nSPS) is 19.6. The van der Waals surface area contributed by atoms with Crippen molar-refractivity contribution in [1.29, 1.82) is 0 Å². The molecular weight excluding hydrogens is 218 g/mol. The molecule has 1 atom stereocenters. The Balaban J connectivity index is 1.86. The second-order valence-corrected chi connectivity index (χ2v) is 4.40. The number of nitrogens with zero attached hydrogens (tertiary/aromatic N) is 2. The predicted molar refractivity (Wildman–Crippen MR) is 65.3 cm³/mol. The average molecular weight is 237 g/mol. The summed E-state index contributed by atoms with van der Waals surface area (Å²) in [6.45, 7) is 5.57. The lowest BCUT2D eigenvalue weighted by Crippen LogP contribution is -2.19. The van der Waals surface area contributed by atoms with E-state index in [4.69, 9.17) is 9.47 Å². The van der Waals surface area contributed by atoms with Crippen molar-refractivity contribution in [2.75, 3.05) is 18.5 Å². The van der Waals surface area contributed by atoms with E-state index in [1.54, 1.807) is 12.3 Å². The van der Waals surface area contributed by atoms with E-state index in [9.17, 15) is 0 Å². The van der Waals surface area contributed by atoms with Crippen LogP contribution in [0, 0.1) is 0 Å². The van der Waals surface area contributed by atoms with E-state index in [1.165, 1.54) is 0 Å². The molecule has 0 aliphatic carbocycles. The van der Waals surface area contributed by atoms with Crippen LogP contribution in [0.4, 0.5) is 5.95 Å². The monoisotopic (exact) mass is 237 g/mol. The van der Waals surface area contributed by atoms with Crippen LogP contribution in [-0.4, -0.2) is 35.3 Å². The van der Waals surface area contributed by atoms with Gasteiger partial charge in [-0.15, -0.1) is 0 Å². The maximum Gasteiger partial charge on any atom is 0.226 e. The molecule has 0 radical (unpaired) electrons. The maximum atomic E-state index is 5.52. The zero-order chi connectivity index (χ0) is 12.1. The van der Waals surface area contributed by atoms with Crippen LogP contribution in [0.2, 0.25) is 0 Å². The fraction of sp³-hybridized carbons (Fsp3) is 0.667. The first kappa shape index (κ1) is 12.1. The van der Waals surface area contributed by atoms with Crippen LogP contribution in [-0.2, 0) is 4.74 Å². The number of nitrogens with one attached hydrogen (secondary N) is 1. The van der Waals surface area contributed by atoms with Gasteiger partial charge in [0.05, 0.1) is 12.2 Å². The molecule has 2 rings (SSSR count). The smallest absolute Gasteiger partial charge is 0.226 e. The molecule has 0 bridgehead atoms. The van der Waals surface area contributed by atoms with Crippen LogP contribution in [0.25, 0.3) is 0 Å². The summed E-state index contributed by atoms with van der Waals surface area (Å²) in [5, 5.41) is 3.17. The highest BCUT2D eigenvalue weighted by atomic mass is 16.5. The van der Waals surface area contributed by atoms with Crippen molar-refractivity contribution >= 4 is 5.95 Å². The van der Waals surface area contributed by atoms with E-state index in [-0.39, 0.29) is 12.2 Å². The molecule has 0 aromatic carbocycles. The van der Waals surface area contributed by atoms with Crippen molar-refractivity contribution in [3.8, 4) is 5.88 Å². The van der Waals surface area contributed by atoms with Crippen molar-refractivity contribution in [1.82, 2.24) is 9.97 Å². The zero-order valence-electron chi connectivity index (χ0n) is 10.3. The van der Waals surface area contributed by atoms with Crippen LogP contribution >= 0.6 is 0 Å². The molecule has 1 aliphatic rings. The molecule has 1 unspecified atom stereocenters. The van der Waals surface area contributed by atoms with Gasteiger partial charge in [0.2, 0.25) is 11.8 Å². The highest BCUT2D eigenvalue weighted by Gasteiger charge is 2.15. The van der Waals surface area contributed by atoms with Gasteiger partial charge in [-0.05, 0) is 26.7 Å². The molecule has 94 valence electrons. The van der Waals surface area contributed by atoms with Crippen LogP contribution < -0.4 is 10.1 Å². The lowest BCUT2D eigenvalue weighted by atomic mass is 10.2. The molecule has 1 N–H and O–H groups in total. The zero-order valence-corrected chi connectivity index (χ0v) is 10.3. The minimum absolute atomic E-state index is 0.121. The van der Waals surface area contributed by atoms with E-state index in [0.717, 1.165) is 26.0 Å². The Morgan fingerprint density at radius 3 is 3.18 bits per heavy atom. The topological polar surface area (TPSA) is 56.3 Å². The van der Waals surface area contributed by atoms with Gasteiger partial charge < -0.3 is 14.8 Å². The first-order valence-corrected chi connectivity index (χ1v) is 6.09. The van der Waals surface area contributed by atoms with Crippen LogP contribution in [0.1, 0.15) is 26.7 Å². The van der Waals surface area contributed by atoms with Crippen molar-refractivity contribution in [3.63, 3.8) is 0 Å². The van der Waals surface area contributed by atoms with Crippen molar-refractivity contribution < 1.29 is 9.47 Å². The van der Waals surface area contributed by atoms with Crippen LogP contribution in [0.3, 0.4) is 0 Å². The molecule has 1 saturated heterocycles. The first-order chi connectivity index (χ1) is 8.24. The van der Waals surface area contributed by atoms with Gasteiger partial charge in [-0.3, -0.25) is 0 Å². The summed E-state index contributed by atoms with van der Waals surface area (Å²) >= 11 is 0. The van der Waals surface area contributed by atoms with Gasteiger partial charge in [-0.1, -0.05) is 0 Å². The van der Waals surface area contributed by atoms with Crippen LogP contribution in [0.5, 0.6) is 5.88 Å². The summed E-state index contributed by atoms with van der Waals surface area (Å²) < 4.78 is 11.0. The molecule has 17 heavy (non-hydrogen) atoms. The number of hydrogen-bond acceptors (Lipinski definition) is 5. The molecule has 2 heterocycles. The molecule has 0 amide bonds. The molecule has 0 saturated carbocycles. The fourth-order valence-corrected chi connectivity index (χ4v) is 1.74. The number of anilines is 1. The van der Waals surface area contributed by atoms with E-state index >= 15 is 0 Å². The van der Waals surface area contributed by atoms with E-state index < -0.39 is 0 Å². The summed E-state index contributed by atoms with van der Waals surface area (Å²) in [5.74, 6) is 1.20. The first-order valence-electron chi connectivity index (χ1n) is 6.09. The highest BCUT2D eigenvalue weighted by molar-refractivity contribution is 5.27. The van der Waals surface area contributed by atoms with E-state index in [2.05, 4.69) is 15.3 Å². The minimum Gasteiger partial charge on any atom is -0.475 e. The molecule has 5 heteroatoms.